The zero-order valence-corrected chi connectivity index (χ0v) is 10.4. The molecular formula is C9H18N2O4S. The highest BCUT2D eigenvalue weighted by atomic mass is 32.2. The highest BCUT2D eigenvalue weighted by Gasteiger charge is 2.26. The number of carbonyl (C=O) groups is 1. The average Bonchev–Trinajstić information content (AvgIpc) is 2.27. The largest absolute Gasteiger partial charge is 0.468 e. The molecule has 1 atom stereocenters. The van der Waals surface area contributed by atoms with Crippen LogP contribution < -0.4 is 5.32 Å². The van der Waals surface area contributed by atoms with Gasteiger partial charge in [0.25, 0.3) is 0 Å². The van der Waals surface area contributed by atoms with Gasteiger partial charge in [-0.3, -0.25) is 9.69 Å². The molecule has 0 bridgehead atoms. The summed E-state index contributed by atoms with van der Waals surface area (Å²) >= 11 is 0. The predicted molar refractivity (Wildman–Crippen MR) is 60.0 cm³/mol. The van der Waals surface area contributed by atoms with E-state index in [-0.39, 0.29) is 17.5 Å². The van der Waals surface area contributed by atoms with E-state index < -0.39 is 15.9 Å². The molecule has 0 aromatic carbocycles. The van der Waals surface area contributed by atoms with Crippen molar-refractivity contribution in [2.45, 2.75) is 6.04 Å². The van der Waals surface area contributed by atoms with E-state index in [1.807, 2.05) is 4.90 Å². The molecule has 7 heteroatoms. The number of rotatable bonds is 4. The van der Waals surface area contributed by atoms with Crippen LogP contribution in [0.4, 0.5) is 0 Å². The summed E-state index contributed by atoms with van der Waals surface area (Å²) in [6.45, 7) is 1.45. The number of esters is 1. The molecule has 1 unspecified atom stereocenters. The number of sulfone groups is 1. The number of ether oxygens (including phenoxy) is 1. The Morgan fingerprint density at radius 3 is 2.44 bits per heavy atom. The molecule has 1 heterocycles. The van der Waals surface area contributed by atoms with Gasteiger partial charge in [0.2, 0.25) is 0 Å². The topological polar surface area (TPSA) is 75.7 Å². The Morgan fingerprint density at radius 2 is 2.00 bits per heavy atom. The Kier molecular flexibility index (Phi) is 4.69. The molecule has 0 radical (unpaired) electrons. The van der Waals surface area contributed by atoms with Gasteiger partial charge < -0.3 is 10.1 Å². The van der Waals surface area contributed by atoms with Crippen molar-refractivity contribution in [3.8, 4) is 0 Å². The van der Waals surface area contributed by atoms with Crippen LogP contribution in [0.25, 0.3) is 0 Å². The third kappa shape index (κ3) is 3.73. The summed E-state index contributed by atoms with van der Waals surface area (Å²) in [5.41, 5.74) is 0. The van der Waals surface area contributed by atoms with Crippen LogP contribution in [0.5, 0.6) is 0 Å². The summed E-state index contributed by atoms with van der Waals surface area (Å²) in [6.07, 6.45) is 0. The molecular weight excluding hydrogens is 232 g/mol. The molecule has 6 nitrogen and oxygen atoms in total. The van der Waals surface area contributed by atoms with E-state index in [0.29, 0.717) is 19.6 Å². The van der Waals surface area contributed by atoms with E-state index >= 15 is 0 Å². The van der Waals surface area contributed by atoms with Crippen molar-refractivity contribution in [1.82, 2.24) is 10.2 Å². The van der Waals surface area contributed by atoms with Crippen molar-refractivity contribution in [2.75, 3.05) is 45.3 Å². The third-order valence-corrected chi connectivity index (χ3v) is 4.32. The van der Waals surface area contributed by atoms with Crippen molar-refractivity contribution in [3.05, 3.63) is 0 Å². The number of nitrogens with one attached hydrogen (secondary N) is 1. The van der Waals surface area contributed by atoms with Gasteiger partial charge in [-0.15, -0.1) is 0 Å². The molecule has 0 saturated carbocycles. The Labute approximate surface area is 95.9 Å². The summed E-state index contributed by atoms with van der Waals surface area (Å²) in [4.78, 5) is 13.3. The van der Waals surface area contributed by atoms with Crippen molar-refractivity contribution < 1.29 is 17.9 Å². The number of hydrogen-bond acceptors (Lipinski definition) is 6. The molecule has 1 rings (SSSR count). The molecule has 0 aromatic heterocycles. The van der Waals surface area contributed by atoms with Crippen LogP contribution in [-0.2, 0) is 19.4 Å². The van der Waals surface area contributed by atoms with Crippen molar-refractivity contribution in [3.63, 3.8) is 0 Å². The molecule has 0 aliphatic carbocycles. The van der Waals surface area contributed by atoms with Gasteiger partial charge in [-0.2, -0.15) is 0 Å². The Bertz CT molecular complexity index is 327. The lowest BCUT2D eigenvalue weighted by Gasteiger charge is -2.29. The highest BCUT2D eigenvalue weighted by Crippen LogP contribution is 2.04. The molecule has 1 aliphatic heterocycles. The fourth-order valence-corrected chi connectivity index (χ4v) is 2.89. The van der Waals surface area contributed by atoms with E-state index in [1.54, 1.807) is 7.05 Å². The monoisotopic (exact) mass is 250 g/mol. The van der Waals surface area contributed by atoms with E-state index in [9.17, 15) is 13.2 Å². The SMILES string of the molecule is CNC(CN1CCS(=O)(=O)CC1)C(=O)OC. The summed E-state index contributed by atoms with van der Waals surface area (Å²) < 4.78 is 27.1. The normalized spacial score (nSPS) is 22.6. The van der Waals surface area contributed by atoms with Gasteiger partial charge in [0.1, 0.15) is 6.04 Å². The Hall–Kier alpha value is -0.660. The van der Waals surface area contributed by atoms with Crippen LogP contribution in [0, 0.1) is 0 Å². The molecule has 0 amide bonds. The van der Waals surface area contributed by atoms with E-state index in [1.165, 1.54) is 7.11 Å². The quantitative estimate of drug-likeness (QED) is 0.611. The number of likely N-dealkylation sites (N-methyl/N-ethyl adjacent to an activating group) is 1. The van der Waals surface area contributed by atoms with Crippen molar-refractivity contribution in [2.24, 2.45) is 0 Å². The lowest BCUT2D eigenvalue weighted by atomic mass is 10.2. The van der Waals surface area contributed by atoms with E-state index in [4.69, 9.17) is 0 Å². The van der Waals surface area contributed by atoms with Crippen molar-refractivity contribution >= 4 is 15.8 Å². The summed E-state index contributed by atoms with van der Waals surface area (Å²) in [6, 6.07) is -0.397. The van der Waals surface area contributed by atoms with Gasteiger partial charge in [-0.1, -0.05) is 0 Å². The maximum absolute atomic E-state index is 11.3. The summed E-state index contributed by atoms with van der Waals surface area (Å²) in [5.74, 6) is 0.0193. The highest BCUT2D eigenvalue weighted by molar-refractivity contribution is 7.91. The van der Waals surface area contributed by atoms with Gasteiger partial charge in [-0.05, 0) is 7.05 Å². The standard InChI is InChI=1S/C9H18N2O4S/c1-10-8(9(12)15-2)7-11-3-5-16(13,14)6-4-11/h8,10H,3-7H2,1-2H3. The first kappa shape index (κ1) is 13.4. The number of nitrogens with zero attached hydrogens (tertiary/aromatic N) is 1. The van der Waals surface area contributed by atoms with Gasteiger partial charge in [0.15, 0.2) is 9.84 Å². The van der Waals surface area contributed by atoms with Gasteiger partial charge in [0.05, 0.1) is 18.6 Å². The van der Waals surface area contributed by atoms with Crippen LogP contribution in [0.2, 0.25) is 0 Å². The molecule has 0 aromatic rings. The second-order valence-corrected chi connectivity index (χ2v) is 6.12. The number of hydrogen-bond donors (Lipinski definition) is 1. The van der Waals surface area contributed by atoms with Crippen LogP contribution in [0.1, 0.15) is 0 Å². The number of methoxy groups -OCH3 is 1. The molecule has 1 N–H and O–H groups in total. The third-order valence-electron chi connectivity index (χ3n) is 2.71. The smallest absolute Gasteiger partial charge is 0.324 e. The summed E-state index contributed by atoms with van der Waals surface area (Å²) in [5, 5.41) is 2.86. The second-order valence-electron chi connectivity index (χ2n) is 3.82. The minimum Gasteiger partial charge on any atom is -0.468 e. The van der Waals surface area contributed by atoms with Gasteiger partial charge in [-0.25, -0.2) is 8.42 Å². The first-order valence-corrected chi connectivity index (χ1v) is 6.98. The summed E-state index contributed by atoms with van der Waals surface area (Å²) in [7, 11) is 0.161. The molecule has 0 spiro atoms. The molecule has 1 fully saturated rings. The lowest BCUT2D eigenvalue weighted by molar-refractivity contribution is -0.143. The van der Waals surface area contributed by atoms with Crippen LogP contribution in [0.15, 0.2) is 0 Å². The van der Waals surface area contributed by atoms with E-state index in [2.05, 4.69) is 10.1 Å². The van der Waals surface area contributed by atoms with Crippen molar-refractivity contribution in [1.29, 1.82) is 0 Å². The molecule has 1 saturated heterocycles. The predicted octanol–water partition coefficient (Wildman–Crippen LogP) is -1.52. The van der Waals surface area contributed by atoms with Gasteiger partial charge >= 0.3 is 5.97 Å². The van der Waals surface area contributed by atoms with Crippen LogP contribution in [0.3, 0.4) is 0 Å². The maximum Gasteiger partial charge on any atom is 0.324 e. The van der Waals surface area contributed by atoms with Crippen LogP contribution in [-0.4, -0.2) is 70.6 Å². The van der Waals surface area contributed by atoms with E-state index in [0.717, 1.165) is 0 Å². The van der Waals surface area contributed by atoms with Gasteiger partial charge in [0, 0.05) is 19.6 Å². The second kappa shape index (κ2) is 5.60. The van der Waals surface area contributed by atoms with Crippen LogP contribution >= 0.6 is 0 Å². The zero-order chi connectivity index (χ0) is 12.2. The fraction of sp³-hybridized carbons (Fsp3) is 0.889. The average molecular weight is 250 g/mol. The molecule has 1 aliphatic rings. The first-order valence-electron chi connectivity index (χ1n) is 5.16. The minimum absolute atomic E-state index is 0.171. The zero-order valence-electron chi connectivity index (χ0n) is 9.60. The fourth-order valence-electron chi connectivity index (χ4n) is 1.62. The maximum atomic E-state index is 11.3. The molecule has 94 valence electrons. The first-order chi connectivity index (χ1) is 7.48. The minimum atomic E-state index is -2.86. The lowest BCUT2D eigenvalue weighted by Crippen LogP contribution is -2.49. The Balaban J connectivity index is 2.46. The number of carbonyl (C=O) groups excluding carboxylic acids is 1. The molecule has 16 heavy (non-hydrogen) atoms. The Morgan fingerprint density at radius 1 is 1.44 bits per heavy atom.